The van der Waals surface area contributed by atoms with Crippen LogP contribution >= 0.6 is 11.8 Å². The van der Waals surface area contributed by atoms with Crippen LogP contribution in [0.2, 0.25) is 0 Å². The second-order valence-electron chi connectivity index (χ2n) is 6.49. The molecule has 0 radical (unpaired) electrons. The van der Waals surface area contributed by atoms with Crippen molar-refractivity contribution in [2.75, 3.05) is 6.54 Å². The number of nitrogens with two attached hydrogens (primary N) is 1. The number of nitrogens with one attached hydrogen (secondary N) is 1. The third kappa shape index (κ3) is 2.80. The Balaban J connectivity index is 1.87. The topological polar surface area (TPSA) is 98.3 Å². The van der Waals surface area contributed by atoms with E-state index in [9.17, 15) is 14.9 Å². The van der Waals surface area contributed by atoms with Gasteiger partial charge in [-0.25, -0.2) is 0 Å². The summed E-state index contributed by atoms with van der Waals surface area (Å²) in [6.07, 6.45) is 4.43. The molecule has 1 amide bonds. The summed E-state index contributed by atoms with van der Waals surface area (Å²) >= 11 is 1.62. The van der Waals surface area contributed by atoms with Gasteiger partial charge in [-0.2, -0.15) is 0 Å². The second-order valence-corrected chi connectivity index (χ2v) is 7.57. The standard InChI is InChI=1S/C20H17N3O3S/c21-19(24)16-12-22-10-9-20(16)15-3-1-2-4-17(15)27-18(20)11-13-5-7-14(8-6-13)23(25)26/h1-8,11-12,22H,9-10H2,(H2,21,24)/b18-11-. The fourth-order valence-corrected chi connectivity index (χ4v) is 5.18. The summed E-state index contributed by atoms with van der Waals surface area (Å²) in [6, 6.07) is 14.4. The molecule has 4 rings (SSSR count). The number of carbonyl (C=O) groups is 1. The molecule has 0 saturated heterocycles. The van der Waals surface area contributed by atoms with E-state index in [1.807, 2.05) is 30.3 Å². The van der Waals surface area contributed by atoms with Crippen LogP contribution in [0.15, 0.2) is 70.1 Å². The van der Waals surface area contributed by atoms with Gasteiger partial charge in [0, 0.05) is 40.3 Å². The molecule has 0 aromatic heterocycles. The van der Waals surface area contributed by atoms with Crippen molar-refractivity contribution < 1.29 is 9.72 Å². The van der Waals surface area contributed by atoms with Gasteiger partial charge < -0.3 is 11.1 Å². The molecule has 2 aromatic rings. The van der Waals surface area contributed by atoms with E-state index in [1.54, 1.807) is 30.1 Å². The number of benzene rings is 2. The summed E-state index contributed by atoms with van der Waals surface area (Å²) in [5.41, 5.74) is 7.66. The molecule has 1 atom stereocenters. The Bertz CT molecular complexity index is 998. The van der Waals surface area contributed by atoms with Gasteiger partial charge in [0.15, 0.2) is 0 Å². The zero-order chi connectivity index (χ0) is 19.0. The molecule has 2 aliphatic heterocycles. The van der Waals surface area contributed by atoms with Gasteiger partial charge in [0.25, 0.3) is 5.69 Å². The minimum atomic E-state index is -0.583. The molecule has 0 bridgehead atoms. The largest absolute Gasteiger partial charge is 0.390 e. The molecule has 7 heteroatoms. The van der Waals surface area contributed by atoms with Gasteiger partial charge in [-0.3, -0.25) is 14.9 Å². The van der Waals surface area contributed by atoms with Crippen molar-refractivity contribution in [2.24, 2.45) is 5.73 Å². The Kier molecular flexibility index (Phi) is 4.24. The van der Waals surface area contributed by atoms with Crippen LogP contribution in [0.1, 0.15) is 17.5 Å². The molecular formula is C20H17N3O3S. The predicted molar refractivity (Wildman–Crippen MR) is 105 cm³/mol. The molecular weight excluding hydrogens is 362 g/mol. The van der Waals surface area contributed by atoms with Gasteiger partial charge in [0.2, 0.25) is 5.91 Å². The highest BCUT2D eigenvalue weighted by Crippen LogP contribution is 2.58. The van der Waals surface area contributed by atoms with Crippen molar-refractivity contribution in [3.05, 3.63) is 86.5 Å². The number of thioether (sulfide) groups is 1. The third-order valence-corrected chi connectivity index (χ3v) is 6.27. The molecule has 6 nitrogen and oxygen atoms in total. The van der Waals surface area contributed by atoms with Crippen molar-refractivity contribution in [2.45, 2.75) is 16.7 Å². The quantitative estimate of drug-likeness (QED) is 0.629. The molecule has 0 saturated carbocycles. The molecule has 2 heterocycles. The van der Waals surface area contributed by atoms with E-state index in [2.05, 4.69) is 5.32 Å². The van der Waals surface area contributed by atoms with Gasteiger partial charge in [0.05, 0.1) is 10.3 Å². The molecule has 0 aliphatic carbocycles. The van der Waals surface area contributed by atoms with Crippen molar-refractivity contribution in [1.29, 1.82) is 0 Å². The summed E-state index contributed by atoms with van der Waals surface area (Å²) in [5, 5.41) is 14.0. The maximum Gasteiger partial charge on any atom is 0.269 e. The van der Waals surface area contributed by atoms with Gasteiger partial charge in [-0.15, -0.1) is 0 Å². The Morgan fingerprint density at radius 1 is 1.22 bits per heavy atom. The Morgan fingerprint density at radius 2 is 1.96 bits per heavy atom. The highest BCUT2D eigenvalue weighted by Gasteiger charge is 2.49. The van der Waals surface area contributed by atoms with Crippen LogP contribution in [0.4, 0.5) is 5.69 Å². The lowest BCUT2D eigenvalue weighted by atomic mass is 9.69. The van der Waals surface area contributed by atoms with Gasteiger partial charge >= 0.3 is 0 Å². The lowest BCUT2D eigenvalue weighted by molar-refractivity contribution is -0.384. The first kappa shape index (κ1) is 17.4. The van der Waals surface area contributed by atoms with Crippen molar-refractivity contribution in [1.82, 2.24) is 5.32 Å². The molecule has 136 valence electrons. The number of rotatable bonds is 3. The van der Waals surface area contributed by atoms with E-state index >= 15 is 0 Å². The summed E-state index contributed by atoms with van der Waals surface area (Å²) in [6.45, 7) is 0.725. The van der Waals surface area contributed by atoms with Crippen LogP contribution in [0, 0.1) is 10.1 Å². The average Bonchev–Trinajstić information content (AvgIpc) is 2.96. The number of nitro benzene ring substituents is 1. The zero-order valence-electron chi connectivity index (χ0n) is 14.3. The SMILES string of the molecule is NC(=O)C1=CNCCC12/C(=C/c1ccc([N+](=O)[O-])cc1)Sc1ccccc12. The maximum absolute atomic E-state index is 12.2. The van der Waals surface area contributed by atoms with E-state index in [0.717, 1.165) is 27.5 Å². The highest BCUT2D eigenvalue weighted by atomic mass is 32.2. The molecule has 1 unspecified atom stereocenters. The van der Waals surface area contributed by atoms with E-state index in [-0.39, 0.29) is 5.69 Å². The fourth-order valence-electron chi connectivity index (χ4n) is 3.75. The van der Waals surface area contributed by atoms with Crippen molar-refractivity contribution in [3.8, 4) is 0 Å². The van der Waals surface area contributed by atoms with E-state index < -0.39 is 16.2 Å². The number of amides is 1. The van der Waals surface area contributed by atoms with Crippen LogP contribution in [0.3, 0.4) is 0 Å². The van der Waals surface area contributed by atoms with E-state index in [1.165, 1.54) is 12.1 Å². The lowest BCUT2D eigenvalue weighted by Gasteiger charge is -2.36. The monoisotopic (exact) mass is 379 g/mol. The molecule has 2 aromatic carbocycles. The molecule has 1 spiro atoms. The second kappa shape index (κ2) is 6.59. The summed E-state index contributed by atoms with van der Waals surface area (Å²) in [5.74, 6) is -0.450. The lowest BCUT2D eigenvalue weighted by Crippen LogP contribution is -2.41. The number of primary amides is 1. The highest BCUT2D eigenvalue weighted by molar-refractivity contribution is 8.03. The predicted octanol–water partition coefficient (Wildman–Crippen LogP) is 3.34. The summed E-state index contributed by atoms with van der Waals surface area (Å²) in [4.78, 5) is 24.8. The van der Waals surface area contributed by atoms with Crippen molar-refractivity contribution >= 4 is 29.4 Å². The normalized spacial score (nSPS) is 22.2. The van der Waals surface area contributed by atoms with E-state index in [0.29, 0.717) is 12.0 Å². The zero-order valence-corrected chi connectivity index (χ0v) is 15.2. The summed E-state index contributed by atoms with van der Waals surface area (Å²) < 4.78 is 0. The van der Waals surface area contributed by atoms with Gasteiger partial charge in [-0.05, 0) is 41.8 Å². The van der Waals surface area contributed by atoms with Gasteiger partial charge in [0.1, 0.15) is 0 Å². The van der Waals surface area contributed by atoms with Crippen LogP contribution in [0.25, 0.3) is 6.08 Å². The van der Waals surface area contributed by atoms with Crippen LogP contribution in [-0.2, 0) is 10.2 Å². The molecule has 3 N–H and O–H groups in total. The van der Waals surface area contributed by atoms with Crippen LogP contribution in [0.5, 0.6) is 0 Å². The Hall–Kier alpha value is -3.06. The number of non-ortho nitro benzene ring substituents is 1. The van der Waals surface area contributed by atoms with Crippen molar-refractivity contribution in [3.63, 3.8) is 0 Å². The molecule has 2 aliphatic rings. The minimum absolute atomic E-state index is 0.0498. The number of allylic oxidation sites excluding steroid dienone is 1. The molecule has 27 heavy (non-hydrogen) atoms. The number of hydrogen-bond acceptors (Lipinski definition) is 5. The maximum atomic E-state index is 12.2. The minimum Gasteiger partial charge on any atom is -0.390 e. The Labute approximate surface area is 160 Å². The molecule has 0 fully saturated rings. The number of nitrogens with zero attached hydrogens (tertiary/aromatic N) is 1. The third-order valence-electron chi connectivity index (χ3n) is 5.01. The van der Waals surface area contributed by atoms with Crippen LogP contribution in [-0.4, -0.2) is 17.4 Å². The number of fused-ring (bicyclic) bond motifs is 2. The van der Waals surface area contributed by atoms with Gasteiger partial charge in [-0.1, -0.05) is 30.0 Å². The smallest absolute Gasteiger partial charge is 0.269 e. The first-order valence-corrected chi connectivity index (χ1v) is 9.32. The number of carbonyl (C=O) groups excluding carboxylic acids is 1. The first-order valence-electron chi connectivity index (χ1n) is 8.50. The Morgan fingerprint density at radius 3 is 2.67 bits per heavy atom. The average molecular weight is 379 g/mol. The fraction of sp³-hybridized carbons (Fsp3) is 0.150. The first-order chi connectivity index (χ1) is 13.0. The van der Waals surface area contributed by atoms with Crippen LogP contribution < -0.4 is 11.1 Å². The number of hydrogen-bond donors (Lipinski definition) is 2. The number of nitro groups is 1. The summed E-state index contributed by atoms with van der Waals surface area (Å²) in [7, 11) is 0. The van der Waals surface area contributed by atoms with E-state index in [4.69, 9.17) is 5.73 Å².